The Hall–Kier alpha value is -1.86. The van der Waals surface area contributed by atoms with Crippen molar-refractivity contribution >= 4 is 34.6 Å². The van der Waals surface area contributed by atoms with Crippen LogP contribution in [0.2, 0.25) is 5.02 Å². The minimum absolute atomic E-state index is 0.274. The maximum atomic E-state index is 6.20. The van der Waals surface area contributed by atoms with E-state index in [2.05, 4.69) is 22.8 Å². The number of benzene rings is 2. The summed E-state index contributed by atoms with van der Waals surface area (Å²) in [6.45, 7) is 6.23. The Bertz CT molecular complexity index is 795. The number of ether oxygens (including phenoxy) is 2. The second kappa shape index (κ2) is 10.1. The number of anilines is 1. The predicted molar refractivity (Wildman–Crippen MR) is 118 cm³/mol. The van der Waals surface area contributed by atoms with Gasteiger partial charge in [-0.15, -0.1) is 0 Å². The number of hydrogen-bond donors (Lipinski definition) is 3. The van der Waals surface area contributed by atoms with Gasteiger partial charge in [-0.05, 0) is 61.1 Å². The third-order valence-corrected chi connectivity index (χ3v) is 5.70. The molecule has 0 unspecified atom stereocenters. The second-order valence-electron chi connectivity index (χ2n) is 6.90. The number of aryl methyl sites for hydroxylation is 1. The second-order valence-corrected chi connectivity index (χ2v) is 7.71. The Morgan fingerprint density at radius 3 is 2.57 bits per heavy atom. The molecule has 1 saturated heterocycles. The molecule has 0 aromatic heterocycles. The van der Waals surface area contributed by atoms with Gasteiger partial charge in [0.1, 0.15) is 24.9 Å². The summed E-state index contributed by atoms with van der Waals surface area (Å²) in [6.07, 6.45) is 0. The molecule has 0 saturated carbocycles. The highest BCUT2D eigenvalue weighted by Gasteiger charge is 2.26. The zero-order valence-corrected chi connectivity index (χ0v) is 17.8. The molecule has 2 aromatic carbocycles. The molecule has 1 aliphatic rings. The summed E-state index contributed by atoms with van der Waals surface area (Å²) in [5.74, 6) is 0.862. The first-order valence-corrected chi connectivity index (χ1v) is 10.2. The van der Waals surface area contributed by atoms with Crippen LogP contribution in [0.4, 0.5) is 5.69 Å². The Labute approximate surface area is 177 Å². The van der Waals surface area contributed by atoms with Crippen LogP contribution < -0.4 is 20.3 Å². The van der Waals surface area contributed by atoms with E-state index in [9.17, 15) is 0 Å². The minimum Gasteiger partial charge on any atom is -0.497 e. The number of quaternary nitrogens is 1. The number of thiocarbonyl (C=S) groups is 1. The number of morpholine rings is 1. The summed E-state index contributed by atoms with van der Waals surface area (Å²) in [7, 11) is 1.68. The lowest BCUT2D eigenvalue weighted by molar-refractivity contribution is -0.937. The average molecular weight is 421 g/mol. The third kappa shape index (κ3) is 5.58. The quantitative estimate of drug-likeness (QED) is 0.627. The lowest BCUT2D eigenvalue weighted by Crippen LogP contribution is -3.15. The molecule has 1 atom stereocenters. The molecule has 150 valence electrons. The molecule has 1 heterocycles. The van der Waals surface area contributed by atoms with Gasteiger partial charge in [0.2, 0.25) is 0 Å². The van der Waals surface area contributed by atoms with E-state index in [0.29, 0.717) is 5.11 Å². The van der Waals surface area contributed by atoms with Crippen LogP contribution in [0.3, 0.4) is 0 Å². The molecular formula is C21H27ClN3O2S+. The van der Waals surface area contributed by atoms with Crippen molar-refractivity contribution < 1.29 is 14.4 Å². The number of rotatable bonds is 6. The molecule has 5 nitrogen and oxygen atoms in total. The Morgan fingerprint density at radius 1 is 1.21 bits per heavy atom. The van der Waals surface area contributed by atoms with Gasteiger partial charge < -0.3 is 25.0 Å². The lowest BCUT2D eigenvalue weighted by atomic mass is 10.0. The Kier molecular flexibility index (Phi) is 7.50. The summed E-state index contributed by atoms with van der Waals surface area (Å²) >= 11 is 11.7. The van der Waals surface area contributed by atoms with Crippen molar-refractivity contribution in [3.05, 3.63) is 58.6 Å². The zero-order valence-electron chi connectivity index (χ0n) is 16.3. The van der Waals surface area contributed by atoms with Gasteiger partial charge in [0.25, 0.3) is 0 Å². The van der Waals surface area contributed by atoms with E-state index in [0.717, 1.165) is 54.9 Å². The standard InChI is InChI=1S/C21H26ClN3O2S/c1-15-3-6-17(13-19(15)22)24-21(28)23-14-20(25-9-11-27-12-10-25)16-4-7-18(26-2)8-5-16/h3-8,13,20H,9-12,14H2,1-2H3,(H2,23,24,28)/p+1/t20-/m0/s1. The van der Waals surface area contributed by atoms with E-state index < -0.39 is 0 Å². The van der Waals surface area contributed by atoms with Crippen LogP contribution >= 0.6 is 23.8 Å². The fourth-order valence-corrected chi connectivity index (χ4v) is 3.74. The molecular weight excluding hydrogens is 394 g/mol. The van der Waals surface area contributed by atoms with E-state index in [4.69, 9.17) is 33.3 Å². The summed E-state index contributed by atoms with van der Waals surface area (Å²) in [4.78, 5) is 1.49. The first kappa shape index (κ1) is 20.9. The van der Waals surface area contributed by atoms with Crippen LogP contribution in [0.15, 0.2) is 42.5 Å². The topological polar surface area (TPSA) is 47.0 Å². The van der Waals surface area contributed by atoms with Crippen LogP contribution in [0.25, 0.3) is 0 Å². The van der Waals surface area contributed by atoms with Crippen molar-refractivity contribution in [2.75, 3.05) is 45.3 Å². The fourth-order valence-electron chi connectivity index (χ4n) is 3.36. The van der Waals surface area contributed by atoms with Gasteiger partial charge in [-0.1, -0.05) is 17.7 Å². The molecule has 7 heteroatoms. The van der Waals surface area contributed by atoms with Crippen LogP contribution in [-0.4, -0.2) is 45.1 Å². The first-order chi connectivity index (χ1) is 13.6. The SMILES string of the molecule is COc1ccc([C@H](CNC(=S)Nc2ccc(C)c(Cl)c2)[NH+]2CCOCC2)cc1. The molecule has 1 aliphatic heterocycles. The molecule has 0 radical (unpaired) electrons. The van der Waals surface area contributed by atoms with Gasteiger partial charge >= 0.3 is 0 Å². The smallest absolute Gasteiger partial charge is 0.171 e. The van der Waals surface area contributed by atoms with Gasteiger partial charge in [0.05, 0.1) is 26.9 Å². The van der Waals surface area contributed by atoms with Gasteiger partial charge in [-0.2, -0.15) is 0 Å². The monoisotopic (exact) mass is 420 g/mol. The lowest BCUT2D eigenvalue weighted by Gasteiger charge is -2.32. The van der Waals surface area contributed by atoms with Gasteiger partial charge in [0.15, 0.2) is 5.11 Å². The maximum absolute atomic E-state index is 6.20. The van der Waals surface area contributed by atoms with Crippen LogP contribution in [0.1, 0.15) is 17.2 Å². The molecule has 0 spiro atoms. The molecule has 3 N–H and O–H groups in total. The van der Waals surface area contributed by atoms with Crippen molar-refractivity contribution in [1.82, 2.24) is 5.32 Å². The van der Waals surface area contributed by atoms with E-state index >= 15 is 0 Å². The van der Waals surface area contributed by atoms with Crippen molar-refractivity contribution in [3.8, 4) is 5.75 Å². The highest BCUT2D eigenvalue weighted by atomic mass is 35.5. The Balaban J connectivity index is 1.66. The number of methoxy groups -OCH3 is 1. The number of halogens is 1. The van der Waals surface area contributed by atoms with Crippen LogP contribution in [-0.2, 0) is 4.74 Å². The van der Waals surface area contributed by atoms with Crippen molar-refractivity contribution in [2.45, 2.75) is 13.0 Å². The molecule has 2 aromatic rings. The summed E-state index contributed by atoms with van der Waals surface area (Å²) in [5, 5.41) is 7.91. The number of nitrogens with one attached hydrogen (secondary N) is 3. The normalized spacial score (nSPS) is 15.7. The highest BCUT2D eigenvalue weighted by molar-refractivity contribution is 7.80. The van der Waals surface area contributed by atoms with E-state index in [1.165, 1.54) is 10.5 Å². The fraction of sp³-hybridized carbons (Fsp3) is 0.381. The summed E-state index contributed by atoms with van der Waals surface area (Å²) in [5.41, 5.74) is 3.18. The maximum Gasteiger partial charge on any atom is 0.171 e. The highest BCUT2D eigenvalue weighted by Crippen LogP contribution is 2.20. The van der Waals surface area contributed by atoms with Crippen LogP contribution in [0, 0.1) is 6.92 Å². The molecule has 0 amide bonds. The molecule has 0 aliphatic carbocycles. The third-order valence-electron chi connectivity index (χ3n) is 5.04. The minimum atomic E-state index is 0.274. The van der Waals surface area contributed by atoms with E-state index in [-0.39, 0.29) is 6.04 Å². The van der Waals surface area contributed by atoms with Crippen molar-refractivity contribution in [2.24, 2.45) is 0 Å². The van der Waals surface area contributed by atoms with Gasteiger partial charge in [0, 0.05) is 16.3 Å². The van der Waals surface area contributed by atoms with Crippen molar-refractivity contribution in [1.29, 1.82) is 0 Å². The largest absolute Gasteiger partial charge is 0.497 e. The van der Waals surface area contributed by atoms with Gasteiger partial charge in [-0.25, -0.2) is 0 Å². The average Bonchev–Trinajstić information content (AvgIpc) is 2.72. The van der Waals surface area contributed by atoms with E-state index in [1.807, 2.05) is 37.3 Å². The first-order valence-electron chi connectivity index (χ1n) is 9.44. The summed E-state index contributed by atoms with van der Waals surface area (Å²) < 4.78 is 10.8. The Morgan fingerprint density at radius 2 is 1.93 bits per heavy atom. The molecule has 1 fully saturated rings. The molecule has 3 rings (SSSR count). The zero-order chi connectivity index (χ0) is 19.9. The number of hydrogen-bond acceptors (Lipinski definition) is 3. The molecule has 28 heavy (non-hydrogen) atoms. The summed E-state index contributed by atoms with van der Waals surface area (Å²) in [6, 6.07) is 14.4. The molecule has 0 bridgehead atoms. The van der Waals surface area contributed by atoms with Crippen molar-refractivity contribution in [3.63, 3.8) is 0 Å². The van der Waals surface area contributed by atoms with E-state index in [1.54, 1.807) is 7.11 Å². The van der Waals surface area contributed by atoms with Crippen LogP contribution in [0.5, 0.6) is 5.75 Å². The van der Waals surface area contributed by atoms with Gasteiger partial charge in [-0.3, -0.25) is 0 Å². The predicted octanol–water partition coefficient (Wildman–Crippen LogP) is 2.60.